The van der Waals surface area contributed by atoms with Crippen molar-refractivity contribution < 1.29 is 24.3 Å². The van der Waals surface area contributed by atoms with E-state index < -0.39 is 16.9 Å². The standard InChI is InChI=1S/C13H18N2O6/c1-14(7-9(16)8-20-2)13(17)12-10(15(18)19)5-4-6-11(12)21-3/h4-6,9,16H,7-8H2,1-3H3. The molecule has 0 bridgehead atoms. The molecule has 1 amide bonds. The topological polar surface area (TPSA) is 102 Å². The first-order valence-electron chi connectivity index (χ1n) is 6.16. The van der Waals surface area contributed by atoms with Crippen molar-refractivity contribution in [3.05, 3.63) is 33.9 Å². The average Bonchev–Trinajstić information content (AvgIpc) is 2.45. The number of aliphatic hydroxyl groups is 1. The van der Waals surface area contributed by atoms with Gasteiger partial charge in [0.1, 0.15) is 5.75 Å². The van der Waals surface area contributed by atoms with Gasteiger partial charge in [-0.1, -0.05) is 6.07 Å². The largest absolute Gasteiger partial charge is 0.496 e. The molecule has 0 aliphatic heterocycles. The number of amides is 1. The summed E-state index contributed by atoms with van der Waals surface area (Å²) >= 11 is 0. The van der Waals surface area contributed by atoms with Crippen LogP contribution in [-0.4, -0.2) is 61.4 Å². The molecule has 21 heavy (non-hydrogen) atoms. The number of rotatable bonds is 7. The second-order valence-electron chi connectivity index (χ2n) is 4.41. The molecule has 0 aromatic heterocycles. The minimum atomic E-state index is -0.877. The Bertz CT molecular complexity index is 519. The second kappa shape index (κ2) is 7.55. The number of carbonyl (C=O) groups is 1. The van der Waals surface area contributed by atoms with Crippen LogP contribution in [0.15, 0.2) is 18.2 Å². The molecule has 1 unspecified atom stereocenters. The van der Waals surface area contributed by atoms with Crippen LogP contribution < -0.4 is 4.74 Å². The maximum Gasteiger partial charge on any atom is 0.285 e. The Morgan fingerprint density at radius 3 is 2.67 bits per heavy atom. The number of benzene rings is 1. The molecule has 0 radical (unpaired) electrons. The first-order chi connectivity index (χ1) is 9.92. The summed E-state index contributed by atoms with van der Waals surface area (Å²) in [4.78, 5) is 24.0. The van der Waals surface area contributed by atoms with Crippen molar-refractivity contribution in [2.24, 2.45) is 0 Å². The number of nitro groups is 1. The fourth-order valence-corrected chi connectivity index (χ4v) is 1.89. The van der Waals surface area contributed by atoms with E-state index in [1.807, 2.05) is 0 Å². The van der Waals surface area contributed by atoms with E-state index in [1.165, 1.54) is 44.4 Å². The summed E-state index contributed by atoms with van der Waals surface area (Å²) in [6.07, 6.45) is -0.877. The van der Waals surface area contributed by atoms with E-state index in [9.17, 15) is 20.0 Å². The Hall–Kier alpha value is -2.19. The predicted molar refractivity (Wildman–Crippen MR) is 74.5 cm³/mol. The molecular weight excluding hydrogens is 280 g/mol. The highest BCUT2D eigenvalue weighted by atomic mass is 16.6. The van der Waals surface area contributed by atoms with E-state index in [1.54, 1.807) is 0 Å². The van der Waals surface area contributed by atoms with Crippen LogP contribution in [0.1, 0.15) is 10.4 Å². The van der Waals surface area contributed by atoms with Crippen molar-refractivity contribution in [3.8, 4) is 5.75 Å². The van der Waals surface area contributed by atoms with Gasteiger partial charge >= 0.3 is 0 Å². The number of methoxy groups -OCH3 is 2. The fourth-order valence-electron chi connectivity index (χ4n) is 1.89. The number of likely N-dealkylation sites (N-methyl/N-ethyl adjacent to an activating group) is 1. The van der Waals surface area contributed by atoms with Gasteiger partial charge in [-0.3, -0.25) is 14.9 Å². The maximum atomic E-state index is 12.4. The van der Waals surface area contributed by atoms with Gasteiger partial charge in [0.05, 0.1) is 24.7 Å². The van der Waals surface area contributed by atoms with Crippen LogP contribution in [0, 0.1) is 10.1 Å². The Morgan fingerprint density at radius 2 is 2.14 bits per heavy atom. The van der Waals surface area contributed by atoms with Crippen molar-refractivity contribution in [2.45, 2.75) is 6.10 Å². The van der Waals surface area contributed by atoms with Crippen LogP contribution in [0.5, 0.6) is 5.75 Å². The van der Waals surface area contributed by atoms with Crippen molar-refractivity contribution in [1.29, 1.82) is 0 Å². The van der Waals surface area contributed by atoms with E-state index in [-0.39, 0.29) is 30.2 Å². The van der Waals surface area contributed by atoms with E-state index in [0.29, 0.717) is 0 Å². The van der Waals surface area contributed by atoms with Crippen LogP contribution in [0.3, 0.4) is 0 Å². The molecule has 0 heterocycles. The van der Waals surface area contributed by atoms with Gasteiger partial charge in [-0.2, -0.15) is 0 Å². The van der Waals surface area contributed by atoms with Crippen LogP contribution in [0.4, 0.5) is 5.69 Å². The summed E-state index contributed by atoms with van der Waals surface area (Å²) in [5, 5.41) is 20.7. The summed E-state index contributed by atoms with van der Waals surface area (Å²) in [6, 6.07) is 4.14. The summed E-state index contributed by atoms with van der Waals surface area (Å²) in [5.74, 6) is -0.489. The van der Waals surface area contributed by atoms with E-state index >= 15 is 0 Å². The van der Waals surface area contributed by atoms with Crippen molar-refractivity contribution in [1.82, 2.24) is 4.90 Å². The Morgan fingerprint density at radius 1 is 1.48 bits per heavy atom. The molecule has 0 aliphatic carbocycles. The highest BCUT2D eigenvalue weighted by Gasteiger charge is 2.28. The number of nitrogens with zero attached hydrogens (tertiary/aromatic N) is 2. The first-order valence-corrected chi connectivity index (χ1v) is 6.16. The van der Waals surface area contributed by atoms with Gasteiger partial charge in [-0.25, -0.2) is 0 Å². The zero-order valence-electron chi connectivity index (χ0n) is 12.1. The highest BCUT2D eigenvalue weighted by Crippen LogP contribution is 2.29. The molecule has 1 aromatic rings. The minimum absolute atomic E-state index is 0.0120. The number of hydrogen-bond donors (Lipinski definition) is 1. The van der Waals surface area contributed by atoms with Crippen LogP contribution >= 0.6 is 0 Å². The molecule has 1 rings (SSSR count). The zero-order chi connectivity index (χ0) is 16.0. The lowest BCUT2D eigenvalue weighted by molar-refractivity contribution is -0.385. The molecule has 0 saturated heterocycles. The smallest absolute Gasteiger partial charge is 0.285 e. The van der Waals surface area contributed by atoms with Gasteiger partial charge in [0.15, 0.2) is 5.56 Å². The Balaban J connectivity index is 3.08. The molecular formula is C13H18N2O6. The zero-order valence-corrected chi connectivity index (χ0v) is 12.1. The van der Waals surface area contributed by atoms with Gasteiger partial charge < -0.3 is 19.5 Å². The number of aliphatic hydroxyl groups excluding tert-OH is 1. The summed E-state index contributed by atoms with van der Waals surface area (Å²) in [6.45, 7) is 0.0491. The molecule has 0 fully saturated rings. The van der Waals surface area contributed by atoms with Gasteiger partial charge in [0.2, 0.25) is 0 Å². The van der Waals surface area contributed by atoms with Gasteiger partial charge in [-0.15, -0.1) is 0 Å². The molecule has 1 atom stereocenters. The Labute approximate surface area is 122 Å². The Kier molecular flexibility index (Phi) is 6.07. The number of carbonyl (C=O) groups excluding carboxylic acids is 1. The average molecular weight is 298 g/mol. The molecule has 1 N–H and O–H groups in total. The quantitative estimate of drug-likeness (QED) is 0.586. The number of hydrogen-bond acceptors (Lipinski definition) is 6. The van der Waals surface area contributed by atoms with Crippen molar-refractivity contribution in [2.75, 3.05) is 34.4 Å². The number of ether oxygens (including phenoxy) is 2. The molecule has 8 heteroatoms. The predicted octanol–water partition coefficient (Wildman–Crippen LogP) is 0.683. The monoisotopic (exact) mass is 298 g/mol. The van der Waals surface area contributed by atoms with Gasteiger partial charge in [-0.05, 0) is 6.07 Å². The molecule has 0 aliphatic rings. The first kappa shape index (κ1) is 16.9. The third-order valence-electron chi connectivity index (χ3n) is 2.83. The highest BCUT2D eigenvalue weighted by molar-refractivity contribution is 6.00. The van der Waals surface area contributed by atoms with Gasteiger partial charge in [0, 0.05) is 26.8 Å². The number of nitro benzene ring substituents is 1. The van der Waals surface area contributed by atoms with Crippen molar-refractivity contribution in [3.63, 3.8) is 0 Å². The third-order valence-corrected chi connectivity index (χ3v) is 2.83. The lowest BCUT2D eigenvalue weighted by atomic mass is 10.1. The minimum Gasteiger partial charge on any atom is -0.496 e. The van der Waals surface area contributed by atoms with E-state index in [2.05, 4.69) is 0 Å². The normalized spacial score (nSPS) is 11.8. The van der Waals surface area contributed by atoms with Gasteiger partial charge in [0.25, 0.3) is 11.6 Å². The fraction of sp³-hybridized carbons (Fsp3) is 0.462. The lowest BCUT2D eigenvalue weighted by Crippen LogP contribution is -2.36. The lowest BCUT2D eigenvalue weighted by Gasteiger charge is -2.21. The summed E-state index contributed by atoms with van der Waals surface area (Å²) in [7, 11) is 4.20. The third kappa shape index (κ3) is 4.14. The molecule has 0 saturated carbocycles. The maximum absolute atomic E-state index is 12.4. The summed E-state index contributed by atoms with van der Waals surface area (Å²) < 4.78 is 9.80. The summed E-state index contributed by atoms with van der Waals surface area (Å²) in [5.41, 5.74) is -0.482. The van der Waals surface area contributed by atoms with E-state index in [4.69, 9.17) is 9.47 Å². The molecule has 116 valence electrons. The molecule has 8 nitrogen and oxygen atoms in total. The van der Waals surface area contributed by atoms with E-state index in [0.717, 1.165) is 0 Å². The second-order valence-corrected chi connectivity index (χ2v) is 4.41. The SMILES string of the molecule is COCC(O)CN(C)C(=O)c1c(OC)cccc1[N+](=O)[O-]. The molecule has 1 aromatic carbocycles. The van der Waals surface area contributed by atoms with Crippen LogP contribution in [0.25, 0.3) is 0 Å². The molecule has 0 spiro atoms. The van der Waals surface area contributed by atoms with Crippen LogP contribution in [0.2, 0.25) is 0 Å². The van der Waals surface area contributed by atoms with Crippen molar-refractivity contribution >= 4 is 11.6 Å². The van der Waals surface area contributed by atoms with Crippen LogP contribution in [-0.2, 0) is 4.74 Å².